The van der Waals surface area contributed by atoms with E-state index in [0.29, 0.717) is 26.8 Å². The molecule has 2 aromatic carbocycles. The van der Waals surface area contributed by atoms with Gasteiger partial charge in [-0.25, -0.2) is 0 Å². The first-order chi connectivity index (χ1) is 9.04. The van der Waals surface area contributed by atoms with E-state index in [-0.39, 0.29) is 10.8 Å². The van der Waals surface area contributed by atoms with Crippen molar-refractivity contribution in [3.8, 4) is 11.4 Å². The Morgan fingerprint density at radius 2 is 1.58 bits per heavy atom. The van der Waals surface area contributed by atoms with E-state index in [1.165, 1.54) is 16.9 Å². The van der Waals surface area contributed by atoms with E-state index >= 15 is 0 Å². The molecule has 0 amide bonds. The second-order valence-electron chi connectivity index (χ2n) is 3.88. The highest BCUT2D eigenvalue weighted by molar-refractivity contribution is 6.42. The van der Waals surface area contributed by atoms with Gasteiger partial charge in [-0.1, -0.05) is 34.8 Å². The zero-order valence-electron chi connectivity index (χ0n) is 9.31. The van der Waals surface area contributed by atoms with Crippen LogP contribution in [0.5, 0.6) is 5.75 Å². The van der Waals surface area contributed by atoms with Crippen molar-refractivity contribution in [1.82, 2.24) is 15.0 Å². The predicted octanol–water partition coefficient (Wildman–Crippen LogP) is 4.09. The van der Waals surface area contributed by atoms with Crippen molar-refractivity contribution >= 4 is 45.8 Å². The summed E-state index contributed by atoms with van der Waals surface area (Å²) in [6.45, 7) is 0. The molecule has 0 aliphatic heterocycles. The number of benzene rings is 2. The monoisotopic (exact) mass is 313 g/mol. The fourth-order valence-electron chi connectivity index (χ4n) is 1.68. The molecule has 1 aromatic heterocycles. The van der Waals surface area contributed by atoms with E-state index in [2.05, 4.69) is 10.2 Å². The van der Waals surface area contributed by atoms with Crippen molar-refractivity contribution in [2.75, 3.05) is 0 Å². The van der Waals surface area contributed by atoms with Gasteiger partial charge in [-0.05, 0) is 24.3 Å². The Kier molecular flexibility index (Phi) is 3.01. The lowest BCUT2D eigenvalue weighted by Crippen LogP contribution is -1.99. The van der Waals surface area contributed by atoms with Crippen molar-refractivity contribution < 1.29 is 5.11 Å². The highest BCUT2D eigenvalue weighted by Crippen LogP contribution is 2.32. The molecular weight excluding hydrogens is 309 g/mol. The van der Waals surface area contributed by atoms with Gasteiger partial charge < -0.3 is 5.11 Å². The molecule has 0 spiro atoms. The van der Waals surface area contributed by atoms with Gasteiger partial charge in [0.25, 0.3) is 0 Å². The lowest BCUT2D eigenvalue weighted by molar-refractivity contribution is 0.468. The molecule has 7 heteroatoms. The smallest absolute Gasteiger partial charge is 0.144 e. The Labute approximate surface area is 123 Å². The van der Waals surface area contributed by atoms with Gasteiger partial charge in [-0.15, -0.1) is 15.0 Å². The first-order valence-electron chi connectivity index (χ1n) is 5.25. The number of phenolic OH excluding ortho intramolecular Hbond substituents is 1. The molecule has 0 fully saturated rings. The molecule has 96 valence electrons. The average Bonchev–Trinajstić information content (AvgIpc) is 2.76. The quantitative estimate of drug-likeness (QED) is 0.736. The standard InChI is InChI=1S/C12H6Cl3N3O/c13-6-1-2-9-10(3-6)17-18(16-9)11-4-7(14)8(15)5-12(11)19/h1-5,19H. The number of halogens is 3. The normalized spacial score (nSPS) is 11.1. The second kappa shape index (κ2) is 4.56. The Bertz CT molecular complexity index is 785. The second-order valence-corrected chi connectivity index (χ2v) is 5.13. The summed E-state index contributed by atoms with van der Waals surface area (Å²) in [6, 6.07) is 8.00. The summed E-state index contributed by atoms with van der Waals surface area (Å²) >= 11 is 17.6. The molecule has 1 heterocycles. The summed E-state index contributed by atoms with van der Waals surface area (Å²) in [6.07, 6.45) is 0. The summed E-state index contributed by atoms with van der Waals surface area (Å²) in [5, 5.41) is 19.5. The van der Waals surface area contributed by atoms with Crippen LogP contribution in [0.1, 0.15) is 0 Å². The minimum atomic E-state index is -0.0548. The third-order valence-corrected chi connectivity index (χ3v) is 3.53. The zero-order chi connectivity index (χ0) is 13.6. The molecule has 3 aromatic rings. The summed E-state index contributed by atoms with van der Waals surface area (Å²) < 4.78 is 0. The van der Waals surface area contributed by atoms with Crippen LogP contribution in [0.4, 0.5) is 0 Å². The maximum absolute atomic E-state index is 9.88. The van der Waals surface area contributed by atoms with Crippen LogP contribution in [0.15, 0.2) is 30.3 Å². The zero-order valence-corrected chi connectivity index (χ0v) is 11.6. The largest absolute Gasteiger partial charge is 0.506 e. The molecule has 0 aliphatic rings. The average molecular weight is 315 g/mol. The molecule has 1 N–H and O–H groups in total. The molecule has 0 bridgehead atoms. The van der Waals surface area contributed by atoms with Crippen molar-refractivity contribution in [3.05, 3.63) is 45.4 Å². The van der Waals surface area contributed by atoms with Gasteiger partial charge in [0, 0.05) is 11.1 Å². The summed E-state index contributed by atoms with van der Waals surface area (Å²) in [5.74, 6) is -0.0548. The van der Waals surface area contributed by atoms with E-state index in [1.54, 1.807) is 18.2 Å². The number of aromatic hydroxyl groups is 1. The minimum Gasteiger partial charge on any atom is -0.506 e. The number of fused-ring (bicyclic) bond motifs is 1. The number of rotatable bonds is 1. The lowest BCUT2D eigenvalue weighted by atomic mass is 10.3. The van der Waals surface area contributed by atoms with E-state index in [1.807, 2.05) is 0 Å². The Hall–Kier alpha value is -1.49. The Morgan fingerprint density at radius 3 is 2.37 bits per heavy atom. The fourth-order valence-corrected chi connectivity index (χ4v) is 2.16. The minimum absolute atomic E-state index is 0.0548. The summed E-state index contributed by atoms with van der Waals surface area (Å²) in [7, 11) is 0. The number of aromatic nitrogens is 3. The molecule has 4 nitrogen and oxygen atoms in total. The van der Waals surface area contributed by atoms with E-state index in [9.17, 15) is 5.11 Å². The highest BCUT2D eigenvalue weighted by atomic mass is 35.5. The van der Waals surface area contributed by atoms with Gasteiger partial charge in [-0.2, -0.15) is 0 Å². The third-order valence-electron chi connectivity index (χ3n) is 2.58. The van der Waals surface area contributed by atoms with Crippen LogP contribution in [0, 0.1) is 0 Å². The van der Waals surface area contributed by atoms with Gasteiger partial charge in [-0.3, -0.25) is 0 Å². The van der Waals surface area contributed by atoms with Gasteiger partial charge in [0.15, 0.2) is 0 Å². The maximum atomic E-state index is 9.88. The van der Waals surface area contributed by atoms with E-state index < -0.39 is 0 Å². The highest BCUT2D eigenvalue weighted by Gasteiger charge is 2.12. The van der Waals surface area contributed by atoms with Crippen LogP contribution in [0.25, 0.3) is 16.7 Å². The van der Waals surface area contributed by atoms with Crippen LogP contribution < -0.4 is 0 Å². The van der Waals surface area contributed by atoms with Crippen LogP contribution >= 0.6 is 34.8 Å². The summed E-state index contributed by atoms with van der Waals surface area (Å²) in [4.78, 5) is 1.29. The molecule has 0 radical (unpaired) electrons. The molecule has 0 atom stereocenters. The van der Waals surface area contributed by atoms with Crippen LogP contribution in [-0.4, -0.2) is 20.1 Å². The molecule has 0 saturated heterocycles. The number of nitrogens with zero attached hydrogens (tertiary/aromatic N) is 3. The SMILES string of the molecule is Oc1cc(Cl)c(Cl)cc1-n1nc2ccc(Cl)cc2n1. The van der Waals surface area contributed by atoms with Crippen LogP contribution in [0.2, 0.25) is 15.1 Å². The van der Waals surface area contributed by atoms with Crippen molar-refractivity contribution in [3.63, 3.8) is 0 Å². The van der Waals surface area contributed by atoms with Gasteiger partial charge in [0.05, 0.1) is 10.0 Å². The molecule has 19 heavy (non-hydrogen) atoms. The molecule has 0 saturated carbocycles. The lowest BCUT2D eigenvalue weighted by Gasteiger charge is -2.04. The Morgan fingerprint density at radius 1 is 0.895 bits per heavy atom. The number of hydrogen-bond donors (Lipinski definition) is 1. The fraction of sp³-hybridized carbons (Fsp3) is 0. The number of phenols is 1. The third kappa shape index (κ3) is 2.23. The molecule has 0 aliphatic carbocycles. The van der Waals surface area contributed by atoms with Gasteiger partial charge >= 0.3 is 0 Å². The van der Waals surface area contributed by atoms with Crippen LogP contribution in [-0.2, 0) is 0 Å². The molecular formula is C12H6Cl3N3O. The van der Waals surface area contributed by atoms with Crippen molar-refractivity contribution in [2.45, 2.75) is 0 Å². The molecule has 0 unspecified atom stereocenters. The molecule has 3 rings (SSSR count). The van der Waals surface area contributed by atoms with E-state index in [4.69, 9.17) is 34.8 Å². The van der Waals surface area contributed by atoms with E-state index in [0.717, 1.165) is 0 Å². The summed E-state index contributed by atoms with van der Waals surface area (Å²) in [5.41, 5.74) is 1.63. The predicted molar refractivity (Wildman–Crippen MR) is 75.6 cm³/mol. The van der Waals surface area contributed by atoms with Crippen molar-refractivity contribution in [2.24, 2.45) is 0 Å². The van der Waals surface area contributed by atoms with Gasteiger partial charge in [0.2, 0.25) is 0 Å². The van der Waals surface area contributed by atoms with Crippen molar-refractivity contribution in [1.29, 1.82) is 0 Å². The number of hydrogen-bond acceptors (Lipinski definition) is 3. The topological polar surface area (TPSA) is 50.9 Å². The Balaban J connectivity index is 2.21. The first-order valence-corrected chi connectivity index (χ1v) is 6.39. The first kappa shape index (κ1) is 12.5. The maximum Gasteiger partial charge on any atom is 0.144 e. The van der Waals surface area contributed by atoms with Gasteiger partial charge in [0.1, 0.15) is 22.5 Å². The van der Waals surface area contributed by atoms with Crippen LogP contribution in [0.3, 0.4) is 0 Å².